The van der Waals surface area contributed by atoms with Crippen LogP contribution in [0.3, 0.4) is 0 Å². The fourth-order valence-electron chi connectivity index (χ4n) is 1.31. The Morgan fingerprint density at radius 2 is 1.40 bits per heavy atom. The molecule has 4 heteroatoms. The van der Waals surface area contributed by atoms with Crippen molar-refractivity contribution < 1.29 is 14.6 Å². The summed E-state index contributed by atoms with van der Waals surface area (Å²) in [6, 6.07) is 1.15. The standard InChI is InChI=1S/C16H34O3Si/c1-14(2,3)13(17)18-19-16(7,8)11-12-20(9,10)15(4,5)6/h11-12H2,1-10H3. The second-order valence-corrected chi connectivity index (χ2v) is 14.9. The van der Waals surface area contributed by atoms with E-state index in [2.05, 4.69) is 33.9 Å². The molecule has 0 amide bonds. The lowest BCUT2D eigenvalue weighted by Crippen LogP contribution is -2.39. The highest BCUT2D eigenvalue weighted by Gasteiger charge is 2.37. The van der Waals surface area contributed by atoms with E-state index in [0.29, 0.717) is 5.04 Å². The van der Waals surface area contributed by atoms with Crippen molar-refractivity contribution in [1.29, 1.82) is 0 Å². The van der Waals surface area contributed by atoms with Crippen LogP contribution in [-0.2, 0) is 14.6 Å². The molecule has 0 saturated carbocycles. The van der Waals surface area contributed by atoms with Gasteiger partial charge >= 0.3 is 5.97 Å². The number of hydrogen-bond donors (Lipinski definition) is 0. The van der Waals surface area contributed by atoms with Crippen LogP contribution in [-0.4, -0.2) is 19.6 Å². The maximum absolute atomic E-state index is 11.7. The van der Waals surface area contributed by atoms with Gasteiger partial charge in [-0.15, -0.1) is 0 Å². The minimum absolute atomic E-state index is 0.321. The molecule has 20 heavy (non-hydrogen) atoms. The lowest BCUT2D eigenvalue weighted by atomic mass is 9.98. The molecule has 0 aliphatic rings. The molecule has 120 valence electrons. The molecule has 0 aromatic rings. The number of carbonyl (C=O) groups is 1. The highest BCUT2D eigenvalue weighted by molar-refractivity contribution is 6.80. The van der Waals surface area contributed by atoms with Crippen molar-refractivity contribution >= 4 is 14.0 Å². The van der Waals surface area contributed by atoms with E-state index in [4.69, 9.17) is 9.78 Å². The second-order valence-electron chi connectivity index (χ2n) is 9.10. The van der Waals surface area contributed by atoms with Gasteiger partial charge in [-0.05, 0) is 46.1 Å². The number of carbonyl (C=O) groups excluding carboxylic acids is 1. The van der Waals surface area contributed by atoms with Crippen LogP contribution in [0.5, 0.6) is 0 Å². The predicted octanol–water partition coefficient (Wildman–Crippen LogP) is 5.18. The molecular formula is C16H34O3Si. The first-order valence-electron chi connectivity index (χ1n) is 7.49. The van der Waals surface area contributed by atoms with Crippen LogP contribution < -0.4 is 0 Å². The van der Waals surface area contributed by atoms with E-state index in [1.165, 1.54) is 0 Å². The van der Waals surface area contributed by atoms with Gasteiger partial charge in [-0.25, -0.2) is 4.79 Å². The molecule has 0 bridgehead atoms. The molecule has 0 rings (SSSR count). The van der Waals surface area contributed by atoms with Gasteiger partial charge in [0.25, 0.3) is 0 Å². The largest absolute Gasteiger partial charge is 0.347 e. The first-order valence-corrected chi connectivity index (χ1v) is 10.7. The van der Waals surface area contributed by atoms with E-state index < -0.39 is 19.1 Å². The molecule has 0 aromatic carbocycles. The first-order chi connectivity index (χ1) is 8.58. The smallest absolute Gasteiger partial charge is 0.297 e. The normalized spacial score (nSPS) is 14.3. The van der Waals surface area contributed by atoms with Gasteiger partial charge in [-0.1, -0.05) is 39.9 Å². The van der Waals surface area contributed by atoms with Gasteiger partial charge in [0.2, 0.25) is 0 Å². The summed E-state index contributed by atoms with van der Waals surface area (Å²) in [7, 11) is -1.33. The van der Waals surface area contributed by atoms with Crippen LogP contribution in [0.1, 0.15) is 61.8 Å². The van der Waals surface area contributed by atoms with Gasteiger partial charge in [0.05, 0.1) is 13.5 Å². The van der Waals surface area contributed by atoms with Gasteiger partial charge in [0.15, 0.2) is 0 Å². The highest BCUT2D eigenvalue weighted by atomic mass is 28.3. The van der Waals surface area contributed by atoms with Crippen molar-refractivity contribution in [3.05, 3.63) is 0 Å². The Morgan fingerprint density at radius 1 is 0.950 bits per heavy atom. The van der Waals surface area contributed by atoms with Gasteiger partial charge < -0.3 is 0 Å². The summed E-state index contributed by atoms with van der Waals surface area (Å²) in [5.74, 6) is -0.321. The Bertz CT molecular complexity index is 333. The lowest BCUT2D eigenvalue weighted by Gasteiger charge is -2.39. The van der Waals surface area contributed by atoms with E-state index >= 15 is 0 Å². The fourth-order valence-corrected chi connectivity index (χ4v) is 3.28. The molecule has 0 radical (unpaired) electrons. The Hall–Kier alpha value is -0.353. The van der Waals surface area contributed by atoms with Crippen LogP contribution >= 0.6 is 0 Å². The van der Waals surface area contributed by atoms with E-state index in [0.717, 1.165) is 12.5 Å². The summed E-state index contributed by atoms with van der Waals surface area (Å²) in [6.45, 7) is 21.2. The van der Waals surface area contributed by atoms with Crippen LogP contribution in [0.4, 0.5) is 0 Å². The zero-order valence-corrected chi connectivity index (χ0v) is 16.1. The minimum Gasteiger partial charge on any atom is -0.297 e. The zero-order chi connectivity index (χ0) is 16.4. The molecule has 3 nitrogen and oxygen atoms in total. The van der Waals surface area contributed by atoms with Crippen molar-refractivity contribution in [3.63, 3.8) is 0 Å². The molecular weight excluding hydrogens is 268 g/mol. The molecule has 0 saturated heterocycles. The first kappa shape index (κ1) is 19.6. The Balaban J connectivity index is 4.45. The average molecular weight is 303 g/mol. The van der Waals surface area contributed by atoms with Crippen LogP contribution in [0.15, 0.2) is 0 Å². The van der Waals surface area contributed by atoms with Crippen molar-refractivity contribution in [2.75, 3.05) is 0 Å². The van der Waals surface area contributed by atoms with Crippen molar-refractivity contribution in [3.8, 4) is 0 Å². The minimum atomic E-state index is -1.33. The summed E-state index contributed by atoms with van der Waals surface area (Å²) < 4.78 is 0. The molecule has 0 aromatic heterocycles. The number of hydrogen-bond acceptors (Lipinski definition) is 3. The summed E-state index contributed by atoms with van der Waals surface area (Å²) in [5.41, 5.74) is -0.966. The molecule has 0 unspecified atom stereocenters. The van der Waals surface area contributed by atoms with Gasteiger partial charge in [-0.2, -0.15) is 4.89 Å². The molecule has 0 aliphatic carbocycles. The van der Waals surface area contributed by atoms with Crippen molar-refractivity contribution in [2.45, 2.75) is 91.6 Å². The number of rotatable bonds is 5. The maximum Gasteiger partial charge on any atom is 0.347 e. The third-order valence-electron chi connectivity index (χ3n) is 4.34. The topological polar surface area (TPSA) is 35.5 Å². The summed E-state index contributed by atoms with van der Waals surface area (Å²) in [6.07, 6.45) is 0.904. The molecule has 0 N–H and O–H groups in total. The van der Waals surface area contributed by atoms with E-state index in [1.54, 1.807) is 0 Å². The molecule has 0 heterocycles. The second kappa shape index (κ2) is 6.18. The van der Waals surface area contributed by atoms with Crippen LogP contribution in [0, 0.1) is 5.41 Å². The third-order valence-corrected chi connectivity index (χ3v) is 9.90. The quantitative estimate of drug-likeness (QED) is 0.398. The molecule has 0 spiro atoms. The van der Waals surface area contributed by atoms with Crippen LogP contribution in [0.25, 0.3) is 0 Å². The summed E-state index contributed by atoms with van der Waals surface area (Å²) >= 11 is 0. The van der Waals surface area contributed by atoms with E-state index in [9.17, 15) is 4.79 Å². The fraction of sp³-hybridized carbons (Fsp3) is 0.938. The maximum atomic E-state index is 11.7. The SMILES string of the molecule is CC(C)(CC[Si](C)(C)C(C)(C)C)OOC(=O)C(C)(C)C. The van der Waals surface area contributed by atoms with Gasteiger partial charge in [0.1, 0.15) is 5.60 Å². The Morgan fingerprint density at radius 3 is 1.75 bits per heavy atom. The van der Waals surface area contributed by atoms with Gasteiger partial charge in [0, 0.05) is 0 Å². The van der Waals surface area contributed by atoms with Crippen molar-refractivity contribution in [1.82, 2.24) is 0 Å². The third kappa shape index (κ3) is 6.40. The Kier molecular flexibility index (Phi) is 6.07. The zero-order valence-electron chi connectivity index (χ0n) is 15.1. The Labute approximate surface area is 126 Å². The lowest BCUT2D eigenvalue weighted by molar-refractivity contribution is -0.330. The highest BCUT2D eigenvalue weighted by Crippen LogP contribution is 2.40. The monoisotopic (exact) mass is 302 g/mol. The van der Waals surface area contributed by atoms with Gasteiger partial charge in [-0.3, -0.25) is 4.89 Å². The summed E-state index contributed by atoms with van der Waals surface area (Å²) in [5, 5.41) is 0.366. The summed E-state index contributed by atoms with van der Waals surface area (Å²) in [4.78, 5) is 22.1. The molecule has 0 atom stereocenters. The predicted molar refractivity (Wildman–Crippen MR) is 87.3 cm³/mol. The molecule has 0 fully saturated rings. The van der Waals surface area contributed by atoms with Crippen molar-refractivity contribution in [2.24, 2.45) is 5.41 Å². The molecule has 0 aliphatic heterocycles. The van der Waals surface area contributed by atoms with Crippen LogP contribution in [0.2, 0.25) is 24.2 Å². The average Bonchev–Trinajstić information content (AvgIpc) is 2.20. The van der Waals surface area contributed by atoms with E-state index in [-0.39, 0.29) is 5.97 Å². The van der Waals surface area contributed by atoms with E-state index in [1.807, 2.05) is 34.6 Å².